The lowest BCUT2D eigenvalue weighted by atomic mass is 10.1. The molecule has 0 aliphatic carbocycles. The monoisotopic (exact) mass is 280 g/mol. The van der Waals surface area contributed by atoms with Gasteiger partial charge >= 0.3 is 5.97 Å². The quantitative estimate of drug-likeness (QED) is 0.763. The van der Waals surface area contributed by atoms with Gasteiger partial charge in [-0.25, -0.2) is 4.79 Å². The Morgan fingerprint density at radius 3 is 2.35 bits per heavy atom. The predicted molar refractivity (Wildman–Crippen MR) is 75.4 cm³/mol. The van der Waals surface area contributed by atoms with Gasteiger partial charge in [0.2, 0.25) is 5.91 Å². The number of rotatable bonds is 6. The summed E-state index contributed by atoms with van der Waals surface area (Å²) >= 11 is 0. The average Bonchev–Trinajstić information content (AvgIpc) is 2.45. The zero-order valence-electron chi connectivity index (χ0n) is 11.9. The topological polar surface area (TPSA) is 90.6 Å². The van der Waals surface area contributed by atoms with E-state index in [0.717, 1.165) is 0 Å². The highest BCUT2D eigenvalue weighted by Gasteiger charge is 2.17. The van der Waals surface area contributed by atoms with Crippen LogP contribution in [0.2, 0.25) is 0 Å². The van der Waals surface area contributed by atoms with Gasteiger partial charge in [0.25, 0.3) is 0 Å². The van der Waals surface area contributed by atoms with Crippen molar-refractivity contribution < 1.29 is 19.1 Å². The molecule has 0 saturated heterocycles. The Morgan fingerprint density at radius 2 is 1.85 bits per heavy atom. The zero-order valence-corrected chi connectivity index (χ0v) is 11.9. The summed E-state index contributed by atoms with van der Waals surface area (Å²) in [5.74, 6) is -0.104. The Labute approximate surface area is 118 Å². The molecule has 3 N–H and O–H groups in total. The van der Waals surface area contributed by atoms with Gasteiger partial charge in [0.1, 0.15) is 5.75 Å². The second-order valence-corrected chi connectivity index (χ2v) is 4.65. The van der Waals surface area contributed by atoms with Gasteiger partial charge in [-0.15, -0.1) is 0 Å². The minimum atomic E-state index is -0.551. The molecule has 0 saturated carbocycles. The molecule has 0 bridgehead atoms. The van der Waals surface area contributed by atoms with Gasteiger partial charge in [0.05, 0.1) is 13.2 Å². The van der Waals surface area contributed by atoms with Crippen LogP contribution < -0.4 is 15.8 Å². The first-order valence-electron chi connectivity index (χ1n) is 6.30. The van der Waals surface area contributed by atoms with Gasteiger partial charge in [-0.2, -0.15) is 0 Å². The van der Waals surface area contributed by atoms with Crippen LogP contribution in [-0.4, -0.2) is 31.6 Å². The first-order chi connectivity index (χ1) is 9.43. The minimum Gasteiger partial charge on any atom is -0.482 e. The van der Waals surface area contributed by atoms with E-state index in [0.29, 0.717) is 11.4 Å². The molecule has 1 aromatic carbocycles. The molecule has 1 amide bonds. The van der Waals surface area contributed by atoms with Crippen LogP contribution in [0.1, 0.15) is 13.8 Å². The molecule has 6 nitrogen and oxygen atoms in total. The largest absolute Gasteiger partial charge is 0.482 e. The number of nitrogens with one attached hydrogen (secondary N) is 1. The van der Waals surface area contributed by atoms with Gasteiger partial charge in [-0.3, -0.25) is 4.79 Å². The maximum atomic E-state index is 11.8. The van der Waals surface area contributed by atoms with Crippen molar-refractivity contribution in [3.63, 3.8) is 0 Å². The number of nitrogens with two attached hydrogens (primary N) is 1. The van der Waals surface area contributed by atoms with Gasteiger partial charge in [-0.1, -0.05) is 13.8 Å². The Bertz CT molecular complexity index is 457. The van der Waals surface area contributed by atoms with Crippen LogP contribution in [0.4, 0.5) is 5.69 Å². The van der Waals surface area contributed by atoms with Crippen LogP contribution >= 0.6 is 0 Å². The summed E-state index contributed by atoms with van der Waals surface area (Å²) in [7, 11) is 1.29. The second-order valence-electron chi connectivity index (χ2n) is 4.65. The minimum absolute atomic E-state index is 0.0673. The third-order valence-corrected chi connectivity index (χ3v) is 2.73. The van der Waals surface area contributed by atoms with E-state index in [1.165, 1.54) is 7.11 Å². The van der Waals surface area contributed by atoms with Crippen LogP contribution in [-0.2, 0) is 14.3 Å². The van der Waals surface area contributed by atoms with Crippen molar-refractivity contribution in [1.29, 1.82) is 0 Å². The van der Waals surface area contributed by atoms with Crippen molar-refractivity contribution in [2.45, 2.75) is 19.9 Å². The predicted octanol–water partition coefficient (Wildman–Crippen LogP) is 1.16. The first-order valence-corrected chi connectivity index (χ1v) is 6.30. The van der Waals surface area contributed by atoms with E-state index in [1.807, 2.05) is 13.8 Å². The third-order valence-electron chi connectivity index (χ3n) is 2.73. The number of anilines is 1. The normalized spacial score (nSPS) is 11.8. The molecule has 0 aromatic heterocycles. The molecule has 1 rings (SSSR count). The fourth-order valence-corrected chi connectivity index (χ4v) is 1.36. The second kappa shape index (κ2) is 7.49. The van der Waals surface area contributed by atoms with Gasteiger partial charge in [-0.05, 0) is 30.2 Å². The molecular weight excluding hydrogens is 260 g/mol. The fraction of sp³-hybridized carbons (Fsp3) is 0.429. The summed E-state index contributed by atoms with van der Waals surface area (Å²) in [6.07, 6.45) is 0. The number of carbonyl (C=O) groups is 2. The van der Waals surface area contributed by atoms with Crippen LogP contribution in [0.5, 0.6) is 5.75 Å². The summed E-state index contributed by atoms with van der Waals surface area (Å²) in [5, 5.41) is 2.72. The van der Waals surface area contributed by atoms with E-state index in [1.54, 1.807) is 24.3 Å². The molecule has 1 aromatic rings. The first kappa shape index (κ1) is 16.0. The lowest BCUT2D eigenvalue weighted by Gasteiger charge is -2.15. The lowest BCUT2D eigenvalue weighted by Crippen LogP contribution is -2.39. The van der Waals surface area contributed by atoms with E-state index >= 15 is 0 Å². The van der Waals surface area contributed by atoms with Crippen molar-refractivity contribution in [1.82, 2.24) is 0 Å². The van der Waals surface area contributed by atoms with Crippen molar-refractivity contribution in [2.24, 2.45) is 11.7 Å². The Morgan fingerprint density at radius 1 is 1.25 bits per heavy atom. The number of amides is 1. The molecule has 20 heavy (non-hydrogen) atoms. The van der Waals surface area contributed by atoms with Crippen molar-refractivity contribution in [3.8, 4) is 5.75 Å². The van der Waals surface area contributed by atoms with E-state index < -0.39 is 12.0 Å². The highest BCUT2D eigenvalue weighted by atomic mass is 16.6. The van der Waals surface area contributed by atoms with E-state index in [9.17, 15) is 9.59 Å². The van der Waals surface area contributed by atoms with Crippen molar-refractivity contribution in [3.05, 3.63) is 24.3 Å². The van der Waals surface area contributed by atoms with E-state index in [-0.39, 0.29) is 18.4 Å². The molecule has 1 atom stereocenters. The van der Waals surface area contributed by atoms with Crippen LogP contribution in [0, 0.1) is 5.92 Å². The maximum Gasteiger partial charge on any atom is 0.343 e. The fourth-order valence-electron chi connectivity index (χ4n) is 1.36. The van der Waals surface area contributed by atoms with E-state index in [2.05, 4.69) is 10.1 Å². The summed E-state index contributed by atoms with van der Waals surface area (Å²) in [4.78, 5) is 22.7. The Balaban J connectivity index is 2.54. The molecular formula is C14H20N2O4. The van der Waals surface area contributed by atoms with Crippen molar-refractivity contribution >= 4 is 17.6 Å². The van der Waals surface area contributed by atoms with Crippen LogP contribution in [0.25, 0.3) is 0 Å². The van der Waals surface area contributed by atoms with Crippen molar-refractivity contribution in [2.75, 3.05) is 19.0 Å². The molecule has 110 valence electrons. The highest BCUT2D eigenvalue weighted by molar-refractivity contribution is 5.94. The maximum absolute atomic E-state index is 11.8. The Hall–Kier alpha value is -2.08. The number of methoxy groups -OCH3 is 1. The van der Waals surface area contributed by atoms with Gasteiger partial charge < -0.3 is 20.5 Å². The average molecular weight is 280 g/mol. The summed E-state index contributed by atoms with van der Waals surface area (Å²) in [6.45, 7) is 3.61. The third kappa shape index (κ3) is 4.89. The SMILES string of the molecule is COC(=O)COc1ccc(NC(=O)[C@H](N)C(C)C)cc1. The number of ether oxygens (including phenoxy) is 2. The smallest absolute Gasteiger partial charge is 0.343 e. The molecule has 0 heterocycles. The number of benzene rings is 1. The van der Waals surface area contributed by atoms with Gasteiger partial charge in [0.15, 0.2) is 6.61 Å². The molecule has 0 unspecified atom stereocenters. The standard InChI is InChI=1S/C14H20N2O4/c1-9(2)13(15)14(18)16-10-4-6-11(7-5-10)20-8-12(17)19-3/h4-7,9,13H,8,15H2,1-3H3,(H,16,18)/t13-/m1/s1. The van der Waals surface area contributed by atoms with E-state index in [4.69, 9.17) is 10.5 Å². The number of hydrogen-bond donors (Lipinski definition) is 2. The zero-order chi connectivity index (χ0) is 15.1. The number of esters is 1. The van der Waals surface area contributed by atoms with Crippen LogP contribution in [0.3, 0.4) is 0 Å². The molecule has 0 fully saturated rings. The van der Waals surface area contributed by atoms with Gasteiger partial charge in [0, 0.05) is 5.69 Å². The molecule has 0 aliphatic rings. The summed E-state index contributed by atoms with van der Waals surface area (Å²) in [5.41, 5.74) is 6.37. The number of hydrogen-bond acceptors (Lipinski definition) is 5. The lowest BCUT2D eigenvalue weighted by molar-refractivity contribution is -0.142. The summed E-state index contributed by atoms with van der Waals surface area (Å²) in [6, 6.07) is 6.11. The molecule has 0 aliphatic heterocycles. The van der Waals surface area contributed by atoms with Crippen LogP contribution in [0.15, 0.2) is 24.3 Å². The summed E-state index contributed by atoms with van der Waals surface area (Å²) < 4.78 is 9.65. The molecule has 0 radical (unpaired) electrons. The number of carbonyl (C=O) groups excluding carboxylic acids is 2. The molecule has 6 heteroatoms. The highest BCUT2D eigenvalue weighted by Crippen LogP contribution is 2.16. The Kier molecular flexibility index (Phi) is 5.99. The molecule has 0 spiro atoms.